The van der Waals surface area contributed by atoms with Crippen LogP contribution in [0.4, 0.5) is 0 Å². The predicted octanol–water partition coefficient (Wildman–Crippen LogP) is 4.69. The van der Waals surface area contributed by atoms with E-state index in [2.05, 4.69) is 24.3 Å². The van der Waals surface area contributed by atoms with Crippen molar-refractivity contribution in [2.24, 2.45) is 0 Å². The van der Waals surface area contributed by atoms with Gasteiger partial charge in [0.2, 0.25) is 0 Å². The molecule has 17 heavy (non-hydrogen) atoms. The summed E-state index contributed by atoms with van der Waals surface area (Å²) < 4.78 is 0. The van der Waals surface area contributed by atoms with Gasteiger partial charge in [-0.3, -0.25) is 0 Å². The molecular weight excluding hydrogens is 293 g/mol. The fourth-order valence-corrected chi connectivity index (χ4v) is 3.11. The molecule has 4 heteroatoms. The molecule has 0 amide bonds. The molecule has 2 aromatic rings. The van der Waals surface area contributed by atoms with Gasteiger partial charge in [-0.1, -0.05) is 71.9 Å². The maximum absolute atomic E-state index is 6.40. The summed E-state index contributed by atoms with van der Waals surface area (Å²) in [6, 6.07) is 20.4. The highest BCUT2D eigenvalue weighted by molar-refractivity contribution is 7.95. The fraction of sp³-hybridized carbons (Fsp3) is 0.0769. The zero-order valence-corrected chi connectivity index (χ0v) is 12.2. The average molecular weight is 306 g/mol. The fourth-order valence-electron chi connectivity index (χ4n) is 1.27. The Balaban J connectivity index is 0.000000437. The highest BCUT2D eigenvalue weighted by Crippen LogP contribution is 2.38. The van der Waals surface area contributed by atoms with Crippen molar-refractivity contribution in [1.29, 1.82) is 0 Å². The lowest BCUT2D eigenvalue weighted by Crippen LogP contribution is -2.06. The maximum atomic E-state index is 6.40. The number of hydrogen-bond acceptors (Lipinski definition) is 0. The normalized spacial score (nSPS) is 9.65. The van der Waals surface area contributed by atoms with Gasteiger partial charge in [-0.25, -0.2) is 0 Å². The molecule has 0 atom stereocenters. The molecular formula is C13H12Cl3P. The second-order valence-corrected chi connectivity index (χ2v) is 6.47. The molecule has 0 N–H and O–H groups in total. The molecule has 90 valence electrons. The number of hydrogen-bond donors (Lipinski definition) is 0. The van der Waals surface area contributed by atoms with Crippen LogP contribution in [-0.4, -0.2) is 5.34 Å². The molecule has 0 aromatic heterocycles. The highest BCUT2D eigenvalue weighted by atomic mass is 35.7. The Kier molecular flexibility index (Phi) is 7.64. The van der Waals surface area contributed by atoms with Crippen LogP contribution in [0.3, 0.4) is 0 Å². The summed E-state index contributed by atoms with van der Waals surface area (Å²) in [4.78, 5) is 0. The van der Waals surface area contributed by atoms with Crippen molar-refractivity contribution in [3.8, 4) is 0 Å². The van der Waals surface area contributed by atoms with Gasteiger partial charge in [-0.15, -0.1) is 23.2 Å². The van der Waals surface area contributed by atoms with Crippen LogP contribution in [0.15, 0.2) is 60.7 Å². The summed E-state index contributed by atoms with van der Waals surface area (Å²) in [5, 5.41) is 2.60. The first-order chi connectivity index (χ1) is 8.29. The molecule has 0 bridgehead atoms. The van der Waals surface area contributed by atoms with Gasteiger partial charge in [0.25, 0.3) is 0 Å². The summed E-state index contributed by atoms with van der Waals surface area (Å²) in [7, 11) is -0.699. The van der Waals surface area contributed by atoms with Crippen LogP contribution in [0.5, 0.6) is 0 Å². The summed E-state index contributed by atoms with van der Waals surface area (Å²) >= 11 is 15.9. The van der Waals surface area contributed by atoms with E-state index in [0.29, 0.717) is 0 Å². The lowest BCUT2D eigenvalue weighted by Gasteiger charge is -2.09. The van der Waals surface area contributed by atoms with E-state index in [1.165, 1.54) is 10.6 Å². The standard InChI is InChI=1S/C12H10ClP.CH2Cl2/c13-14(11-7-3-1-4-8-11)12-9-5-2-6-10-12;2-1-3/h1-10H;1H2. The number of alkyl halides is 2. The first-order valence-corrected chi connectivity index (χ1v) is 8.29. The van der Waals surface area contributed by atoms with Crippen LogP contribution in [-0.2, 0) is 0 Å². The van der Waals surface area contributed by atoms with Crippen LogP contribution in [0.2, 0.25) is 0 Å². The van der Waals surface area contributed by atoms with Gasteiger partial charge in [0.05, 0.1) is 12.6 Å². The zero-order valence-electron chi connectivity index (χ0n) is 9.06. The third-order valence-corrected chi connectivity index (χ3v) is 4.64. The summed E-state index contributed by atoms with van der Waals surface area (Å²) in [5.74, 6) is 0. The van der Waals surface area contributed by atoms with E-state index < -0.39 is 7.27 Å². The summed E-state index contributed by atoms with van der Waals surface area (Å²) in [6.45, 7) is 0. The molecule has 0 radical (unpaired) electrons. The van der Waals surface area contributed by atoms with Crippen LogP contribution < -0.4 is 10.6 Å². The monoisotopic (exact) mass is 304 g/mol. The second-order valence-electron chi connectivity index (χ2n) is 3.05. The molecule has 0 saturated heterocycles. The Hall–Kier alpha value is -0.260. The van der Waals surface area contributed by atoms with Crippen molar-refractivity contribution in [3.05, 3.63) is 60.7 Å². The van der Waals surface area contributed by atoms with E-state index in [1.807, 2.05) is 36.4 Å². The SMILES string of the molecule is ClCCl.ClP(c1ccccc1)c1ccccc1. The summed E-state index contributed by atoms with van der Waals surface area (Å²) in [6.07, 6.45) is 0. The van der Waals surface area contributed by atoms with E-state index in [1.54, 1.807) is 0 Å². The lowest BCUT2D eigenvalue weighted by atomic mass is 10.4. The smallest absolute Gasteiger partial charge is 0.0967 e. The van der Waals surface area contributed by atoms with Crippen LogP contribution in [0.25, 0.3) is 0 Å². The minimum absolute atomic E-state index is 0.194. The molecule has 0 fully saturated rings. The Labute approximate surface area is 118 Å². The van der Waals surface area contributed by atoms with Crippen molar-refractivity contribution in [2.75, 3.05) is 5.34 Å². The van der Waals surface area contributed by atoms with Crippen molar-refractivity contribution >= 4 is 52.3 Å². The van der Waals surface area contributed by atoms with Crippen molar-refractivity contribution in [2.45, 2.75) is 0 Å². The number of benzene rings is 2. The van der Waals surface area contributed by atoms with Gasteiger partial charge in [-0.05, 0) is 10.6 Å². The molecule has 0 saturated carbocycles. The average Bonchev–Trinajstić information content (AvgIpc) is 2.41. The molecule has 2 rings (SSSR count). The van der Waals surface area contributed by atoms with Crippen LogP contribution in [0.1, 0.15) is 0 Å². The largest absolute Gasteiger partial charge is 0.109 e. The molecule has 0 unspecified atom stereocenters. The van der Waals surface area contributed by atoms with E-state index in [4.69, 9.17) is 34.4 Å². The first kappa shape index (κ1) is 14.8. The van der Waals surface area contributed by atoms with Crippen LogP contribution in [0, 0.1) is 0 Å². The Morgan fingerprint density at radius 3 is 1.29 bits per heavy atom. The van der Waals surface area contributed by atoms with E-state index in [-0.39, 0.29) is 5.34 Å². The minimum Gasteiger partial charge on any atom is -0.109 e. The highest BCUT2D eigenvalue weighted by Gasteiger charge is 2.08. The molecule has 0 aliphatic heterocycles. The van der Waals surface area contributed by atoms with Gasteiger partial charge in [0, 0.05) is 0 Å². The minimum atomic E-state index is -0.699. The quantitative estimate of drug-likeness (QED) is 0.557. The van der Waals surface area contributed by atoms with Gasteiger partial charge in [0.1, 0.15) is 0 Å². The van der Waals surface area contributed by atoms with Gasteiger partial charge < -0.3 is 0 Å². The molecule has 0 aliphatic carbocycles. The van der Waals surface area contributed by atoms with Crippen molar-refractivity contribution in [1.82, 2.24) is 0 Å². The second kappa shape index (κ2) is 8.78. The van der Waals surface area contributed by atoms with Crippen molar-refractivity contribution in [3.63, 3.8) is 0 Å². The van der Waals surface area contributed by atoms with Gasteiger partial charge in [0.15, 0.2) is 0 Å². The predicted molar refractivity (Wildman–Crippen MR) is 81.5 cm³/mol. The molecule has 0 nitrogen and oxygen atoms in total. The molecule has 0 heterocycles. The Morgan fingerprint density at radius 1 is 0.706 bits per heavy atom. The number of rotatable bonds is 2. The lowest BCUT2D eigenvalue weighted by molar-refractivity contribution is 1.76. The Morgan fingerprint density at radius 2 is 1.00 bits per heavy atom. The van der Waals surface area contributed by atoms with Crippen molar-refractivity contribution < 1.29 is 0 Å². The van der Waals surface area contributed by atoms with E-state index >= 15 is 0 Å². The maximum Gasteiger partial charge on any atom is 0.0967 e. The number of halogens is 3. The first-order valence-electron chi connectivity index (χ1n) is 4.97. The van der Waals surface area contributed by atoms with Gasteiger partial charge in [-0.2, -0.15) is 0 Å². The van der Waals surface area contributed by atoms with Gasteiger partial charge >= 0.3 is 0 Å². The molecule has 0 spiro atoms. The Bertz CT molecular complexity index is 366. The topological polar surface area (TPSA) is 0 Å². The molecule has 0 aliphatic rings. The van der Waals surface area contributed by atoms with Crippen LogP contribution >= 0.6 is 41.7 Å². The summed E-state index contributed by atoms with van der Waals surface area (Å²) in [5.41, 5.74) is 0. The van der Waals surface area contributed by atoms with E-state index in [9.17, 15) is 0 Å². The zero-order chi connectivity index (χ0) is 12.5. The van der Waals surface area contributed by atoms with E-state index in [0.717, 1.165) is 0 Å². The molecule has 2 aromatic carbocycles. The third-order valence-electron chi connectivity index (χ3n) is 1.97. The third kappa shape index (κ3) is 5.27.